The Hall–Kier alpha value is -1.15. The van der Waals surface area contributed by atoms with E-state index in [4.69, 9.17) is 0 Å². The van der Waals surface area contributed by atoms with Crippen molar-refractivity contribution in [3.8, 4) is 0 Å². The topological polar surface area (TPSA) is 20.3 Å². The lowest BCUT2D eigenvalue weighted by molar-refractivity contribution is -0.118. The van der Waals surface area contributed by atoms with Gasteiger partial charge >= 0.3 is 0 Å². The Morgan fingerprint density at radius 1 is 1.10 bits per heavy atom. The van der Waals surface area contributed by atoms with Gasteiger partial charge in [-0.2, -0.15) is 0 Å². The van der Waals surface area contributed by atoms with Gasteiger partial charge in [-0.25, -0.2) is 0 Å². The quantitative estimate of drug-likeness (QED) is 0.615. The number of carbonyl (C=O) groups excluding carboxylic acids is 1. The molecule has 3 rings (SSSR count). The molecule has 0 bridgehead atoms. The van der Waals surface area contributed by atoms with Crippen LogP contribution in [0.4, 0.5) is 0 Å². The molecule has 1 unspecified atom stereocenters. The summed E-state index contributed by atoms with van der Waals surface area (Å²) in [5.41, 5.74) is 1.41. The van der Waals surface area contributed by atoms with E-state index in [1.54, 1.807) is 0 Å². The van der Waals surface area contributed by atoms with E-state index in [9.17, 15) is 4.79 Å². The third kappa shape index (κ3) is 3.55. The highest BCUT2D eigenvalue weighted by Gasteiger charge is 2.35. The lowest BCUT2D eigenvalue weighted by Crippen LogP contribution is -2.37. The molecule has 2 nitrogen and oxygen atoms in total. The van der Waals surface area contributed by atoms with Gasteiger partial charge in [0.25, 0.3) is 0 Å². The fraction of sp³-hybridized carbons (Fsp3) is 0.632. The van der Waals surface area contributed by atoms with E-state index in [0.29, 0.717) is 5.92 Å². The first-order chi connectivity index (χ1) is 10.3. The zero-order valence-corrected chi connectivity index (χ0v) is 13.0. The van der Waals surface area contributed by atoms with Gasteiger partial charge in [0, 0.05) is 18.5 Å². The van der Waals surface area contributed by atoms with E-state index >= 15 is 0 Å². The summed E-state index contributed by atoms with van der Waals surface area (Å²) < 4.78 is 0. The van der Waals surface area contributed by atoms with E-state index < -0.39 is 0 Å². The average molecular weight is 285 g/mol. The third-order valence-corrected chi connectivity index (χ3v) is 5.43. The summed E-state index contributed by atoms with van der Waals surface area (Å²) in [7, 11) is 0. The first kappa shape index (κ1) is 14.8. The Kier molecular flexibility index (Phi) is 4.74. The Balaban J connectivity index is 1.62. The highest BCUT2D eigenvalue weighted by Crippen LogP contribution is 2.36. The number of nitrogens with zero attached hydrogens (tertiary/aromatic N) is 1. The number of rotatable bonds is 4. The average Bonchev–Trinajstić information content (AvgIpc) is 2.86. The molecule has 1 saturated carbocycles. The molecular formula is C19H27NO. The van der Waals surface area contributed by atoms with E-state index in [1.165, 1.54) is 44.0 Å². The number of benzene rings is 1. The second-order valence-electron chi connectivity index (χ2n) is 7.03. The van der Waals surface area contributed by atoms with Gasteiger partial charge in [-0.05, 0) is 37.3 Å². The van der Waals surface area contributed by atoms with Crippen LogP contribution in [-0.2, 0) is 4.79 Å². The largest absolute Gasteiger partial charge is 0.303 e. The molecule has 114 valence electrons. The molecular weight excluding hydrogens is 258 g/mol. The number of carbonyl (C=O) groups is 1. The first-order valence-corrected chi connectivity index (χ1v) is 8.55. The first-order valence-electron chi connectivity index (χ1n) is 8.55. The molecule has 1 heterocycles. The third-order valence-electron chi connectivity index (χ3n) is 5.43. The predicted octanol–water partition coefficient (Wildman–Crippen LogP) is 4.02. The van der Waals surface area contributed by atoms with Crippen LogP contribution >= 0.6 is 0 Å². The molecule has 1 aromatic rings. The Morgan fingerprint density at radius 2 is 1.81 bits per heavy atom. The summed E-state index contributed by atoms with van der Waals surface area (Å²) in [6.07, 6.45) is 9.80. The van der Waals surface area contributed by atoms with Crippen LogP contribution in [0.15, 0.2) is 30.3 Å². The zero-order chi connectivity index (χ0) is 14.5. The fourth-order valence-corrected chi connectivity index (χ4v) is 4.16. The standard InChI is InChI=1S/C19H27NO/c21-16-19(11-6-1-2-7-12-19)15-20-13-10-18(14-20)17-8-4-3-5-9-17/h3-5,8-9,16,18H,1-2,6-7,10-15H2. The second-order valence-corrected chi connectivity index (χ2v) is 7.03. The molecule has 0 spiro atoms. The molecule has 1 aromatic carbocycles. The summed E-state index contributed by atoms with van der Waals surface area (Å²) in [6, 6.07) is 10.8. The molecule has 0 amide bonds. The molecule has 2 heteroatoms. The molecule has 1 atom stereocenters. The normalized spacial score (nSPS) is 26.4. The molecule has 1 aliphatic carbocycles. The minimum atomic E-state index is -0.0535. The molecule has 21 heavy (non-hydrogen) atoms. The van der Waals surface area contributed by atoms with Crippen LogP contribution in [0.1, 0.15) is 56.4 Å². The Labute approximate surface area is 128 Å². The van der Waals surface area contributed by atoms with Crippen LogP contribution in [-0.4, -0.2) is 30.8 Å². The summed E-state index contributed by atoms with van der Waals surface area (Å²) in [4.78, 5) is 14.3. The summed E-state index contributed by atoms with van der Waals surface area (Å²) in [6.45, 7) is 3.26. The van der Waals surface area contributed by atoms with Gasteiger partial charge in [0.1, 0.15) is 6.29 Å². The van der Waals surface area contributed by atoms with Crippen molar-refractivity contribution in [2.45, 2.75) is 50.9 Å². The number of hydrogen-bond donors (Lipinski definition) is 0. The molecule has 2 fully saturated rings. The molecule has 0 N–H and O–H groups in total. The van der Waals surface area contributed by atoms with Crippen LogP contribution in [0.5, 0.6) is 0 Å². The van der Waals surface area contributed by atoms with Crippen molar-refractivity contribution in [1.29, 1.82) is 0 Å². The van der Waals surface area contributed by atoms with Crippen LogP contribution in [0.2, 0.25) is 0 Å². The molecule has 1 aliphatic heterocycles. The van der Waals surface area contributed by atoms with Gasteiger partial charge in [0.05, 0.1) is 0 Å². The van der Waals surface area contributed by atoms with Crippen molar-refractivity contribution in [2.75, 3.05) is 19.6 Å². The van der Waals surface area contributed by atoms with E-state index in [0.717, 1.165) is 32.5 Å². The summed E-state index contributed by atoms with van der Waals surface area (Å²) in [5.74, 6) is 0.653. The van der Waals surface area contributed by atoms with Crippen LogP contribution in [0, 0.1) is 5.41 Å². The van der Waals surface area contributed by atoms with Crippen LogP contribution < -0.4 is 0 Å². The second kappa shape index (κ2) is 6.74. The lowest BCUT2D eigenvalue weighted by Gasteiger charge is -2.31. The number of likely N-dealkylation sites (tertiary alicyclic amines) is 1. The predicted molar refractivity (Wildman–Crippen MR) is 86.4 cm³/mol. The van der Waals surface area contributed by atoms with Gasteiger partial charge in [0.15, 0.2) is 0 Å². The molecule has 0 aromatic heterocycles. The van der Waals surface area contributed by atoms with Crippen LogP contribution in [0.25, 0.3) is 0 Å². The highest BCUT2D eigenvalue weighted by atomic mass is 16.1. The van der Waals surface area contributed by atoms with Gasteiger partial charge in [0.2, 0.25) is 0 Å². The maximum absolute atomic E-state index is 11.7. The number of aldehydes is 1. The monoisotopic (exact) mass is 285 g/mol. The Bertz CT molecular complexity index is 448. The van der Waals surface area contributed by atoms with Crippen LogP contribution in [0.3, 0.4) is 0 Å². The minimum absolute atomic E-state index is 0.0535. The van der Waals surface area contributed by atoms with E-state index in [-0.39, 0.29) is 5.41 Å². The summed E-state index contributed by atoms with van der Waals surface area (Å²) in [5, 5.41) is 0. The van der Waals surface area contributed by atoms with E-state index in [1.807, 2.05) is 0 Å². The molecule has 0 radical (unpaired) electrons. The maximum atomic E-state index is 11.7. The van der Waals surface area contributed by atoms with Crippen molar-refractivity contribution in [2.24, 2.45) is 5.41 Å². The van der Waals surface area contributed by atoms with Crippen molar-refractivity contribution < 1.29 is 4.79 Å². The molecule has 2 aliphatic rings. The van der Waals surface area contributed by atoms with Crippen molar-refractivity contribution in [3.63, 3.8) is 0 Å². The van der Waals surface area contributed by atoms with Gasteiger partial charge < -0.3 is 9.69 Å². The van der Waals surface area contributed by atoms with E-state index in [2.05, 4.69) is 35.2 Å². The minimum Gasteiger partial charge on any atom is -0.303 e. The SMILES string of the molecule is O=CC1(CN2CCC(c3ccccc3)C2)CCCCCC1. The van der Waals surface area contributed by atoms with Gasteiger partial charge in [-0.1, -0.05) is 56.0 Å². The van der Waals surface area contributed by atoms with Crippen molar-refractivity contribution >= 4 is 6.29 Å². The van der Waals surface area contributed by atoms with Gasteiger partial charge in [-0.3, -0.25) is 0 Å². The summed E-state index contributed by atoms with van der Waals surface area (Å²) >= 11 is 0. The maximum Gasteiger partial charge on any atom is 0.127 e. The van der Waals surface area contributed by atoms with Crippen molar-refractivity contribution in [1.82, 2.24) is 4.90 Å². The Morgan fingerprint density at radius 3 is 2.48 bits per heavy atom. The zero-order valence-electron chi connectivity index (χ0n) is 13.0. The smallest absolute Gasteiger partial charge is 0.127 e. The lowest BCUT2D eigenvalue weighted by atomic mass is 9.81. The highest BCUT2D eigenvalue weighted by molar-refractivity contribution is 5.59. The molecule has 1 saturated heterocycles. The number of hydrogen-bond acceptors (Lipinski definition) is 2. The van der Waals surface area contributed by atoms with Gasteiger partial charge in [-0.15, -0.1) is 0 Å². The van der Waals surface area contributed by atoms with Crippen molar-refractivity contribution in [3.05, 3.63) is 35.9 Å². The fourth-order valence-electron chi connectivity index (χ4n) is 4.16.